The van der Waals surface area contributed by atoms with Crippen molar-refractivity contribution in [2.45, 2.75) is 12.8 Å². The van der Waals surface area contributed by atoms with Crippen molar-refractivity contribution in [1.29, 1.82) is 0 Å². The van der Waals surface area contributed by atoms with Gasteiger partial charge in [-0.25, -0.2) is 0 Å². The van der Waals surface area contributed by atoms with Gasteiger partial charge in [0.05, 0.1) is 0 Å². The van der Waals surface area contributed by atoms with Crippen LogP contribution < -0.4 is 11.1 Å². The lowest BCUT2D eigenvalue weighted by atomic mass is 10.1. The highest BCUT2D eigenvalue weighted by molar-refractivity contribution is 5.93. The van der Waals surface area contributed by atoms with Crippen LogP contribution in [0.3, 0.4) is 0 Å². The Bertz CT molecular complexity index is 373. The van der Waals surface area contributed by atoms with Crippen molar-refractivity contribution < 1.29 is 4.79 Å². The fourth-order valence-corrected chi connectivity index (χ4v) is 1.64. The van der Waals surface area contributed by atoms with Crippen LogP contribution in [0.5, 0.6) is 0 Å². The van der Waals surface area contributed by atoms with E-state index in [0.29, 0.717) is 5.69 Å². The Morgan fingerprint density at radius 3 is 2.40 bits per heavy atom. The first kappa shape index (κ1) is 9.77. The van der Waals surface area contributed by atoms with Gasteiger partial charge in [-0.05, 0) is 37.1 Å². The number of allylic oxidation sites excluding steroid dienone is 2. The number of amides is 1. The summed E-state index contributed by atoms with van der Waals surface area (Å²) >= 11 is 0. The Morgan fingerprint density at radius 2 is 1.80 bits per heavy atom. The van der Waals surface area contributed by atoms with Gasteiger partial charge in [0.1, 0.15) is 0 Å². The van der Waals surface area contributed by atoms with Crippen molar-refractivity contribution in [3.63, 3.8) is 0 Å². The lowest BCUT2D eigenvalue weighted by Gasteiger charge is -2.10. The van der Waals surface area contributed by atoms with E-state index in [1.807, 2.05) is 24.3 Å². The number of rotatable bonds is 2. The molecule has 0 aliphatic heterocycles. The van der Waals surface area contributed by atoms with Crippen LogP contribution in [0.1, 0.15) is 12.8 Å². The molecular formula is C12H14N2O. The Balaban J connectivity index is 1.96. The van der Waals surface area contributed by atoms with E-state index < -0.39 is 0 Å². The average molecular weight is 202 g/mol. The average Bonchev–Trinajstić information content (AvgIpc) is 2.74. The minimum atomic E-state index is 0.0878. The number of hydrogen-bond donors (Lipinski definition) is 2. The Morgan fingerprint density at radius 1 is 1.20 bits per heavy atom. The summed E-state index contributed by atoms with van der Waals surface area (Å²) in [6, 6.07) is 7.19. The maximum absolute atomic E-state index is 11.7. The molecule has 3 nitrogen and oxygen atoms in total. The standard InChI is InChI=1S/C12H14N2O/c13-10-5-7-11(8-6-10)14-12(15)9-3-1-2-4-9/h1-2,5-9H,3-4,13H2,(H,14,15). The molecule has 0 unspecified atom stereocenters. The number of benzene rings is 1. The summed E-state index contributed by atoms with van der Waals surface area (Å²) in [6.07, 6.45) is 5.79. The van der Waals surface area contributed by atoms with Gasteiger partial charge in [0, 0.05) is 17.3 Å². The highest BCUT2D eigenvalue weighted by atomic mass is 16.1. The highest BCUT2D eigenvalue weighted by Crippen LogP contribution is 2.20. The summed E-state index contributed by atoms with van der Waals surface area (Å²) in [5.41, 5.74) is 7.07. The van der Waals surface area contributed by atoms with Crippen molar-refractivity contribution in [1.82, 2.24) is 0 Å². The van der Waals surface area contributed by atoms with Crippen LogP contribution >= 0.6 is 0 Å². The third-order valence-electron chi connectivity index (χ3n) is 2.56. The predicted octanol–water partition coefficient (Wildman–Crippen LogP) is 2.17. The van der Waals surface area contributed by atoms with E-state index in [-0.39, 0.29) is 11.8 Å². The fourth-order valence-electron chi connectivity index (χ4n) is 1.64. The van der Waals surface area contributed by atoms with Gasteiger partial charge in [-0.15, -0.1) is 0 Å². The molecule has 3 heteroatoms. The molecule has 3 N–H and O–H groups in total. The van der Waals surface area contributed by atoms with Crippen LogP contribution in [0.15, 0.2) is 36.4 Å². The quantitative estimate of drug-likeness (QED) is 0.570. The summed E-state index contributed by atoms with van der Waals surface area (Å²) in [7, 11) is 0. The molecule has 1 aromatic carbocycles. The molecular weight excluding hydrogens is 188 g/mol. The molecule has 1 aliphatic carbocycles. The van der Waals surface area contributed by atoms with Gasteiger partial charge in [-0.3, -0.25) is 4.79 Å². The molecule has 0 spiro atoms. The molecule has 1 aromatic rings. The molecule has 0 atom stereocenters. The maximum atomic E-state index is 11.7. The Labute approximate surface area is 89.0 Å². The molecule has 15 heavy (non-hydrogen) atoms. The van der Waals surface area contributed by atoms with Crippen LogP contribution in [0.4, 0.5) is 11.4 Å². The van der Waals surface area contributed by atoms with Gasteiger partial charge in [-0.2, -0.15) is 0 Å². The largest absolute Gasteiger partial charge is 0.399 e. The summed E-state index contributed by atoms with van der Waals surface area (Å²) < 4.78 is 0. The molecule has 0 bridgehead atoms. The first-order valence-corrected chi connectivity index (χ1v) is 5.07. The molecule has 2 rings (SSSR count). The van der Waals surface area contributed by atoms with Gasteiger partial charge < -0.3 is 11.1 Å². The van der Waals surface area contributed by atoms with Crippen LogP contribution in [-0.4, -0.2) is 5.91 Å². The van der Waals surface area contributed by atoms with Crippen molar-refractivity contribution >= 4 is 17.3 Å². The normalized spacial score (nSPS) is 15.5. The summed E-state index contributed by atoms with van der Waals surface area (Å²) in [5.74, 6) is 0.187. The Hall–Kier alpha value is -1.77. The van der Waals surface area contributed by atoms with E-state index in [9.17, 15) is 4.79 Å². The van der Waals surface area contributed by atoms with E-state index in [1.54, 1.807) is 12.1 Å². The minimum Gasteiger partial charge on any atom is -0.399 e. The van der Waals surface area contributed by atoms with Gasteiger partial charge in [0.2, 0.25) is 5.91 Å². The van der Waals surface area contributed by atoms with Crippen LogP contribution in [0, 0.1) is 5.92 Å². The lowest BCUT2D eigenvalue weighted by molar-refractivity contribution is -0.119. The van der Waals surface area contributed by atoms with Crippen LogP contribution in [-0.2, 0) is 4.79 Å². The molecule has 0 saturated carbocycles. The zero-order valence-electron chi connectivity index (χ0n) is 8.44. The molecule has 0 saturated heterocycles. The van der Waals surface area contributed by atoms with Gasteiger partial charge >= 0.3 is 0 Å². The topological polar surface area (TPSA) is 55.1 Å². The first-order chi connectivity index (χ1) is 7.25. The second-order valence-electron chi connectivity index (χ2n) is 3.75. The molecule has 1 aliphatic rings. The van der Waals surface area contributed by atoms with Gasteiger partial charge in [0.25, 0.3) is 0 Å². The zero-order chi connectivity index (χ0) is 10.7. The number of carbonyl (C=O) groups is 1. The molecule has 0 fully saturated rings. The zero-order valence-corrected chi connectivity index (χ0v) is 8.44. The monoisotopic (exact) mass is 202 g/mol. The fraction of sp³-hybridized carbons (Fsp3) is 0.250. The number of nitrogen functional groups attached to an aromatic ring is 1. The molecule has 0 aromatic heterocycles. The SMILES string of the molecule is Nc1ccc(NC(=O)C2CC=CC2)cc1. The summed E-state index contributed by atoms with van der Waals surface area (Å²) in [4.78, 5) is 11.7. The van der Waals surface area contributed by atoms with Crippen LogP contribution in [0.25, 0.3) is 0 Å². The van der Waals surface area contributed by atoms with E-state index in [0.717, 1.165) is 18.5 Å². The molecule has 0 heterocycles. The summed E-state index contributed by atoms with van der Waals surface area (Å²) in [5, 5.41) is 2.88. The smallest absolute Gasteiger partial charge is 0.228 e. The number of nitrogens with two attached hydrogens (primary N) is 1. The second kappa shape index (κ2) is 4.17. The maximum Gasteiger partial charge on any atom is 0.228 e. The van der Waals surface area contributed by atoms with Crippen molar-refractivity contribution in [3.8, 4) is 0 Å². The second-order valence-corrected chi connectivity index (χ2v) is 3.75. The third kappa shape index (κ3) is 2.37. The lowest BCUT2D eigenvalue weighted by Crippen LogP contribution is -2.20. The number of anilines is 2. The van der Waals surface area contributed by atoms with E-state index in [2.05, 4.69) is 5.32 Å². The van der Waals surface area contributed by atoms with E-state index in [1.165, 1.54) is 0 Å². The molecule has 1 amide bonds. The molecule has 78 valence electrons. The highest BCUT2D eigenvalue weighted by Gasteiger charge is 2.18. The molecule has 0 radical (unpaired) electrons. The van der Waals surface area contributed by atoms with Gasteiger partial charge in [0.15, 0.2) is 0 Å². The number of hydrogen-bond acceptors (Lipinski definition) is 2. The Kier molecular flexibility index (Phi) is 2.72. The van der Waals surface area contributed by atoms with Crippen molar-refractivity contribution in [3.05, 3.63) is 36.4 Å². The van der Waals surface area contributed by atoms with Crippen LogP contribution in [0.2, 0.25) is 0 Å². The minimum absolute atomic E-state index is 0.0878. The number of nitrogens with one attached hydrogen (secondary N) is 1. The van der Waals surface area contributed by atoms with Gasteiger partial charge in [-0.1, -0.05) is 12.2 Å². The third-order valence-corrected chi connectivity index (χ3v) is 2.56. The van der Waals surface area contributed by atoms with Crippen molar-refractivity contribution in [2.24, 2.45) is 5.92 Å². The summed E-state index contributed by atoms with van der Waals surface area (Å²) in [6.45, 7) is 0. The van der Waals surface area contributed by atoms with E-state index >= 15 is 0 Å². The number of carbonyl (C=O) groups excluding carboxylic acids is 1. The predicted molar refractivity (Wildman–Crippen MR) is 61.3 cm³/mol. The van der Waals surface area contributed by atoms with Crippen molar-refractivity contribution in [2.75, 3.05) is 11.1 Å². The van der Waals surface area contributed by atoms with E-state index in [4.69, 9.17) is 5.73 Å². The first-order valence-electron chi connectivity index (χ1n) is 5.07.